The van der Waals surface area contributed by atoms with E-state index in [1.807, 2.05) is 18.2 Å². The third kappa shape index (κ3) is 9.16. The van der Waals surface area contributed by atoms with Gasteiger partial charge in [0.15, 0.2) is 18.1 Å². The molecule has 4 aliphatic rings. The number of Topliss-reactive ketones (excluding diaryl/α,β-unsaturated/α-hetero) is 1. The Balaban J connectivity index is 0.891. The minimum absolute atomic E-state index is 0.0588. The topological polar surface area (TPSA) is 208 Å². The number of aliphatic hydroxyl groups is 2. The number of esters is 2. The summed E-state index contributed by atoms with van der Waals surface area (Å²) in [6.07, 6.45) is 6.23. The van der Waals surface area contributed by atoms with E-state index in [0.717, 1.165) is 10.8 Å². The molecule has 14 nitrogen and oxygen atoms in total. The number of amides is 2. The summed E-state index contributed by atoms with van der Waals surface area (Å²) in [5.74, 6) is -5.21. The number of carbonyl (C=O) groups is 6. The fourth-order valence-electron chi connectivity index (χ4n) is 11.2. The number of benzene rings is 2. The molecule has 0 radical (unpaired) electrons. The Hall–Kier alpha value is -5.80. The summed E-state index contributed by atoms with van der Waals surface area (Å²) in [6, 6.07) is 14.1. The Kier molecular flexibility index (Phi) is 13.5. The highest BCUT2D eigenvalue weighted by Crippen LogP contribution is 2.70. The first-order chi connectivity index (χ1) is 31.1. The minimum Gasteiger partial charge on any atom is -0.461 e. The number of aliphatic hydroxyl groups excluding tert-OH is 1. The molecule has 352 valence electrons. The van der Waals surface area contributed by atoms with Gasteiger partial charge >= 0.3 is 18.0 Å². The van der Waals surface area contributed by atoms with Crippen molar-refractivity contribution in [1.29, 1.82) is 0 Å². The monoisotopic (exact) mass is 909 g/mol. The van der Waals surface area contributed by atoms with Crippen LogP contribution in [0.1, 0.15) is 104 Å². The number of ether oxygens (including phenoxy) is 3. The summed E-state index contributed by atoms with van der Waals surface area (Å²) >= 11 is 0. The van der Waals surface area contributed by atoms with Gasteiger partial charge in [-0.05, 0) is 118 Å². The molecule has 3 fully saturated rings. The molecule has 15 heteroatoms. The number of aromatic nitrogens is 1. The molecule has 3 saturated carbocycles. The quantitative estimate of drug-likeness (QED) is 0.0940. The lowest BCUT2D eigenvalue weighted by Gasteiger charge is -2.62. The maximum atomic E-state index is 17.5. The van der Waals surface area contributed by atoms with E-state index < -0.39 is 87.9 Å². The second-order valence-electron chi connectivity index (χ2n) is 19.9. The van der Waals surface area contributed by atoms with Gasteiger partial charge in [-0.3, -0.25) is 29.0 Å². The average molecular weight is 910 g/mol. The maximum absolute atomic E-state index is 17.5. The number of allylic oxidation sites excluding steroid dienone is 4. The van der Waals surface area contributed by atoms with Gasteiger partial charge in [0.05, 0.1) is 12.0 Å². The molecule has 7 rings (SSSR count). The Labute approximate surface area is 383 Å². The predicted molar refractivity (Wildman–Crippen MR) is 241 cm³/mol. The van der Waals surface area contributed by atoms with E-state index in [1.54, 1.807) is 90.3 Å². The number of rotatable bonds is 14. The van der Waals surface area contributed by atoms with Gasteiger partial charge in [-0.1, -0.05) is 55.8 Å². The molecule has 2 aromatic carbocycles. The van der Waals surface area contributed by atoms with Gasteiger partial charge in [0.2, 0.25) is 11.7 Å². The van der Waals surface area contributed by atoms with Crippen molar-refractivity contribution in [3.63, 3.8) is 0 Å². The van der Waals surface area contributed by atoms with Crippen LogP contribution in [0.2, 0.25) is 0 Å². The number of anilines is 1. The zero-order valence-electron chi connectivity index (χ0n) is 38.4. The van der Waals surface area contributed by atoms with Gasteiger partial charge in [0, 0.05) is 59.6 Å². The molecular formula is C51H60FN3O11. The minimum atomic E-state index is -2.12. The number of ketones is 2. The van der Waals surface area contributed by atoms with E-state index in [-0.39, 0.29) is 50.5 Å². The van der Waals surface area contributed by atoms with Gasteiger partial charge < -0.3 is 35.1 Å². The number of hydrogen-bond donors (Lipinski definition) is 4. The molecule has 0 bridgehead atoms. The van der Waals surface area contributed by atoms with Crippen molar-refractivity contribution in [2.45, 2.75) is 122 Å². The Morgan fingerprint density at radius 2 is 1.68 bits per heavy atom. The van der Waals surface area contributed by atoms with E-state index in [0.29, 0.717) is 41.6 Å². The van der Waals surface area contributed by atoms with E-state index in [2.05, 4.69) is 15.6 Å². The van der Waals surface area contributed by atoms with Crippen molar-refractivity contribution in [3.8, 4) is 0 Å². The number of pyridine rings is 1. The predicted octanol–water partition coefficient (Wildman–Crippen LogP) is 7.16. The van der Waals surface area contributed by atoms with E-state index >= 15 is 4.39 Å². The molecule has 4 aliphatic carbocycles. The molecule has 0 unspecified atom stereocenters. The Bertz CT molecular complexity index is 2470. The summed E-state index contributed by atoms with van der Waals surface area (Å²) in [7, 11) is 0. The first kappa shape index (κ1) is 48.1. The fourth-order valence-corrected chi connectivity index (χ4v) is 11.2. The molecule has 0 spiro atoms. The largest absolute Gasteiger partial charge is 0.461 e. The lowest BCUT2D eigenvalue weighted by Crippen LogP contribution is -2.69. The number of carbonyl (C=O) groups excluding carboxylic acids is 6. The van der Waals surface area contributed by atoms with Gasteiger partial charge in [0.25, 0.3) is 0 Å². The molecule has 3 aromatic rings. The van der Waals surface area contributed by atoms with E-state index in [1.165, 1.54) is 12.2 Å². The average Bonchev–Trinajstić information content (AvgIpc) is 3.46. The number of nitrogens with one attached hydrogen (secondary N) is 2. The summed E-state index contributed by atoms with van der Waals surface area (Å²) in [5, 5.41) is 31.2. The third-order valence-electron chi connectivity index (χ3n) is 14.6. The normalized spacial score (nSPS) is 29.3. The van der Waals surface area contributed by atoms with Gasteiger partial charge in [-0.15, -0.1) is 0 Å². The van der Waals surface area contributed by atoms with Gasteiger partial charge in [0.1, 0.15) is 17.8 Å². The van der Waals surface area contributed by atoms with Crippen LogP contribution in [0.4, 0.5) is 14.9 Å². The highest BCUT2D eigenvalue weighted by molar-refractivity contribution is 6.01. The highest BCUT2D eigenvalue weighted by atomic mass is 19.1. The molecule has 4 N–H and O–H groups in total. The molecule has 2 amide bonds. The molecule has 0 saturated heterocycles. The van der Waals surface area contributed by atoms with Crippen LogP contribution in [-0.4, -0.2) is 86.8 Å². The van der Waals surface area contributed by atoms with Crippen molar-refractivity contribution in [3.05, 3.63) is 95.9 Å². The van der Waals surface area contributed by atoms with Gasteiger partial charge in [-0.25, -0.2) is 9.18 Å². The molecule has 1 heterocycles. The number of alkyl halides is 1. The van der Waals surface area contributed by atoms with E-state index in [4.69, 9.17) is 14.2 Å². The molecule has 1 aromatic heterocycles. The van der Waals surface area contributed by atoms with Crippen LogP contribution in [0.5, 0.6) is 0 Å². The Morgan fingerprint density at radius 3 is 2.39 bits per heavy atom. The first-order valence-electron chi connectivity index (χ1n) is 22.7. The lowest BCUT2D eigenvalue weighted by molar-refractivity contribution is -0.220. The zero-order valence-corrected chi connectivity index (χ0v) is 38.4. The van der Waals surface area contributed by atoms with E-state index in [9.17, 15) is 39.0 Å². The number of nitrogens with zero attached hydrogens (tertiary/aromatic N) is 1. The molecule has 9 atom stereocenters. The summed E-state index contributed by atoms with van der Waals surface area (Å²) < 4.78 is 33.6. The second-order valence-corrected chi connectivity index (χ2v) is 19.9. The lowest BCUT2D eigenvalue weighted by atomic mass is 9.44. The summed E-state index contributed by atoms with van der Waals surface area (Å²) in [5.41, 5.74) is -4.85. The van der Waals surface area contributed by atoms with Crippen molar-refractivity contribution in [2.24, 2.45) is 28.6 Å². The highest BCUT2D eigenvalue weighted by Gasteiger charge is 2.75. The summed E-state index contributed by atoms with van der Waals surface area (Å²) in [6.45, 7) is 9.49. The first-order valence-corrected chi connectivity index (χ1v) is 22.7. The molecule has 66 heavy (non-hydrogen) atoms. The molecular weight excluding hydrogens is 850 g/mol. The number of halogens is 1. The smallest absolute Gasteiger partial charge is 0.407 e. The maximum Gasteiger partial charge on any atom is 0.407 e. The van der Waals surface area contributed by atoms with Crippen molar-refractivity contribution in [1.82, 2.24) is 10.3 Å². The number of fused-ring (bicyclic) bond motifs is 6. The third-order valence-corrected chi connectivity index (χ3v) is 14.6. The van der Waals surface area contributed by atoms with Crippen LogP contribution < -0.4 is 10.6 Å². The van der Waals surface area contributed by atoms with Crippen molar-refractivity contribution < 1.29 is 57.6 Å². The van der Waals surface area contributed by atoms with Crippen LogP contribution in [0.3, 0.4) is 0 Å². The number of hydrogen-bond acceptors (Lipinski definition) is 12. The standard InChI is InChI=1S/C51H60FN3O11/c1-30-22-40-39-17-15-35-24-37(56)18-20-48(35,5)50(39,52)41(57)25-49(40,6)51(30,63)42(58)29-65-44(60)9-7-8-43(59)64-28-31-10-12-32(13-11-31)38(27-54-46(62)66-47(2,3)4)45(61)55-36-16-14-34-26-53-21-19-33(34)23-36/h10-14,16,18-21,23-24,26,30,38-41,57,63H,7-9,15,17,22,25,27-29H2,1-6H3,(H,54,62)(H,55,61)/t30-,38+,39-,40-,41-,48-,49-,50-,51-/m0/s1. The van der Waals surface area contributed by atoms with Gasteiger partial charge in [-0.2, -0.15) is 0 Å². The Morgan fingerprint density at radius 1 is 0.970 bits per heavy atom. The van der Waals surface area contributed by atoms with Crippen LogP contribution in [0, 0.1) is 28.6 Å². The fraction of sp³-hybridized carbons (Fsp3) is 0.510. The van der Waals surface area contributed by atoms with Crippen LogP contribution in [0.25, 0.3) is 10.8 Å². The summed E-state index contributed by atoms with van der Waals surface area (Å²) in [4.78, 5) is 81.8. The van der Waals surface area contributed by atoms with Crippen molar-refractivity contribution >= 4 is 52.0 Å². The SMILES string of the molecule is C[C@H]1C[C@H]2[C@@H]3CCC4=CC(=O)C=C[C@]4(C)[C@@]3(F)[C@@H](O)C[C@]2(C)[C@@]1(O)C(=O)COC(=O)CCCC(=O)OCc1ccc([C@@H](CNC(=O)OC(C)(C)C)C(=O)Nc2ccc3cnccc3c2)cc1. The number of alkyl carbamates (subject to hydrolysis) is 1. The second kappa shape index (κ2) is 18.5. The molecule has 0 aliphatic heterocycles. The van der Waals surface area contributed by atoms with Crippen LogP contribution >= 0.6 is 0 Å². The van der Waals surface area contributed by atoms with Crippen molar-refractivity contribution in [2.75, 3.05) is 18.5 Å². The zero-order chi connectivity index (χ0) is 47.8. The van der Waals surface area contributed by atoms with Crippen LogP contribution in [0.15, 0.2) is 84.7 Å². The van der Waals surface area contributed by atoms with Crippen LogP contribution in [-0.2, 0) is 44.8 Å².